The van der Waals surface area contributed by atoms with Gasteiger partial charge in [-0.3, -0.25) is 14.5 Å². The van der Waals surface area contributed by atoms with Gasteiger partial charge in [0.1, 0.15) is 5.76 Å². The first-order valence-electron chi connectivity index (χ1n) is 7.79. The van der Waals surface area contributed by atoms with E-state index in [1.165, 1.54) is 13.8 Å². The first kappa shape index (κ1) is 19.1. The van der Waals surface area contributed by atoms with Gasteiger partial charge in [0.05, 0.1) is 0 Å². The van der Waals surface area contributed by atoms with E-state index in [0.29, 0.717) is 30.7 Å². The fraction of sp³-hybridized carbons (Fsp3) is 0.529. The van der Waals surface area contributed by atoms with Gasteiger partial charge in [-0.2, -0.15) is 5.48 Å². The van der Waals surface area contributed by atoms with E-state index in [1.807, 2.05) is 19.1 Å². The predicted molar refractivity (Wildman–Crippen MR) is 88.7 cm³/mol. The maximum atomic E-state index is 11.3. The average molecular weight is 322 g/mol. The van der Waals surface area contributed by atoms with Crippen LogP contribution in [-0.2, 0) is 14.4 Å². The highest BCUT2D eigenvalue weighted by atomic mass is 16.7. The Bertz CT molecular complexity index is 535. The number of Topliss-reactive ketones (excluding diaryl/α,β-unsaturated/α-hetero) is 1. The maximum Gasteiger partial charge on any atom is 0.321 e. The van der Waals surface area contributed by atoms with Crippen LogP contribution in [0.15, 0.2) is 35.1 Å². The van der Waals surface area contributed by atoms with Gasteiger partial charge in [0, 0.05) is 38.0 Å². The molecule has 1 atom stereocenters. The molecule has 0 aliphatic heterocycles. The lowest BCUT2D eigenvalue weighted by atomic mass is 9.97. The monoisotopic (exact) mass is 322 g/mol. The van der Waals surface area contributed by atoms with E-state index in [-0.39, 0.29) is 23.6 Å². The van der Waals surface area contributed by atoms with E-state index in [0.717, 1.165) is 6.54 Å². The molecular formula is C17H26N2O4. The topological polar surface area (TPSA) is 78.9 Å². The molecule has 0 heterocycles. The lowest BCUT2D eigenvalue weighted by Gasteiger charge is -2.30. The summed E-state index contributed by atoms with van der Waals surface area (Å²) in [6.45, 7) is 8.63. The number of hydroxylamine groups is 1. The van der Waals surface area contributed by atoms with Crippen LogP contribution in [0.4, 0.5) is 0 Å². The molecule has 0 saturated heterocycles. The van der Waals surface area contributed by atoms with Crippen molar-refractivity contribution in [3.8, 4) is 0 Å². The molecule has 1 aliphatic rings. The maximum absolute atomic E-state index is 11.3. The summed E-state index contributed by atoms with van der Waals surface area (Å²) in [7, 11) is 0. The van der Waals surface area contributed by atoms with Gasteiger partial charge in [0.15, 0.2) is 5.78 Å². The van der Waals surface area contributed by atoms with Crippen molar-refractivity contribution in [1.82, 2.24) is 10.4 Å². The van der Waals surface area contributed by atoms with Crippen LogP contribution in [0.2, 0.25) is 0 Å². The van der Waals surface area contributed by atoms with Crippen molar-refractivity contribution in [2.45, 2.75) is 40.2 Å². The number of ketones is 1. The summed E-state index contributed by atoms with van der Waals surface area (Å²) in [5, 5.41) is 10.2. The summed E-state index contributed by atoms with van der Waals surface area (Å²) in [6, 6.07) is 0.0777. The summed E-state index contributed by atoms with van der Waals surface area (Å²) < 4.78 is 0. The van der Waals surface area contributed by atoms with Crippen molar-refractivity contribution >= 4 is 11.8 Å². The lowest BCUT2D eigenvalue weighted by Crippen LogP contribution is -2.40. The zero-order chi connectivity index (χ0) is 17.4. The first-order valence-corrected chi connectivity index (χ1v) is 7.79. The van der Waals surface area contributed by atoms with Gasteiger partial charge in [-0.05, 0) is 32.0 Å². The molecule has 6 nitrogen and oxygen atoms in total. The minimum atomic E-state index is -0.372. The van der Waals surface area contributed by atoms with E-state index in [9.17, 15) is 14.7 Å². The average Bonchev–Trinajstić information content (AvgIpc) is 2.49. The predicted octanol–water partition coefficient (Wildman–Crippen LogP) is 2.05. The summed E-state index contributed by atoms with van der Waals surface area (Å²) in [5.74, 6) is -0.0968. The molecule has 0 fully saturated rings. The Balaban J connectivity index is 2.62. The number of carbonyl (C=O) groups is 2. The minimum absolute atomic E-state index is 0.00689. The van der Waals surface area contributed by atoms with Crippen molar-refractivity contribution in [3.63, 3.8) is 0 Å². The van der Waals surface area contributed by atoms with Gasteiger partial charge in [-0.1, -0.05) is 19.1 Å². The van der Waals surface area contributed by atoms with Crippen molar-refractivity contribution in [1.29, 1.82) is 0 Å². The standard InChI is InChI=1S/C17H26N2O4/c1-5-19(9-8-18-23-14(4)21)16-7-6-15(17(22)11-16)10-12(2)13(3)20/h6-7,10,16,18,22H,5,8-9,11H2,1-4H3/b12-10+. The number of aliphatic hydroxyl groups is 1. The number of aliphatic hydroxyl groups excluding tert-OH is 1. The molecule has 0 aromatic heterocycles. The Labute approximate surface area is 137 Å². The molecule has 2 N–H and O–H groups in total. The SMILES string of the molecule is CCN(CCNOC(C)=O)C1C=CC(/C=C(\C)C(C)=O)=C(O)C1. The van der Waals surface area contributed by atoms with Crippen LogP contribution in [0, 0.1) is 0 Å². The Morgan fingerprint density at radius 3 is 2.65 bits per heavy atom. The van der Waals surface area contributed by atoms with Crippen LogP contribution in [0.1, 0.15) is 34.1 Å². The summed E-state index contributed by atoms with van der Waals surface area (Å²) in [6.07, 6.45) is 6.07. The third kappa shape index (κ3) is 6.38. The number of rotatable bonds is 8. The van der Waals surface area contributed by atoms with Crippen LogP contribution in [0.25, 0.3) is 0 Å². The Kier molecular flexibility index (Phi) is 7.71. The Hall–Kier alpha value is -1.92. The zero-order valence-electron chi connectivity index (χ0n) is 14.3. The number of allylic oxidation sites excluding steroid dienone is 4. The molecule has 23 heavy (non-hydrogen) atoms. The molecule has 0 saturated carbocycles. The van der Waals surface area contributed by atoms with Crippen molar-refractivity contribution in [2.24, 2.45) is 0 Å². The van der Waals surface area contributed by atoms with Crippen molar-refractivity contribution in [3.05, 3.63) is 35.1 Å². The molecule has 0 amide bonds. The van der Waals surface area contributed by atoms with Gasteiger partial charge in [0.25, 0.3) is 0 Å². The fourth-order valence-corrected chi connectivity index (χ4v) is 2.31. The van der Waals surface area contributed by atoms with E-state index in [4.69, 9.17) is 4.84 Å². The van der Waals surface area contributed by atoms with E-state index in [1.54, 1.807) is 13.0 Å². The third-order valence-corrected chi connectivity index (χ3v) is 3.75. The van der Waals surface area contributed by atoms with Crippen LogP contribution in [0.3, 0.4) is 0 Å². The lowest BCUT2D eigenvalue weighted by molar-refractivity contribution is -0.148. The molecule has 0 spiro atoms. The van der Waals surface area contributed by atoms with E-state index >= 15 is 0 Å². The summed E-state index contributed by atoms with van der Waals surface area (Å²) in [5.41, 5.74) is 3.91. The van der Waals surface area contributed by atoms with Gasteiger partial charge in [0.2, 0.25) is 0 Å². The molecule has 0 aromatic rings. The van der Waals surface area contributed by atoms with E-state index in [2.05, 4.69) is 10.4 Å². The fourth-order valence-electron chi connectivity index (χ4n) is 2.31. The second-order valence-electron chi connectivity index (χ2n) is 5.53. The third-order valence-electron chi connectivity index (χ3n) is 3.75. The normalized spacial score (nSPS) is 18.5. The van der Waals surface area contributed by atoms with E-state index < -0.39 is 0 Å². The number of hydrogen-bond acceptors (Lipinski definition) is 6. The van der Waals surface area contributed by atoms with Crippen LogP contribution in [0.5, 0.6) is 0 Å². The molecule has 0 aromatic carbocycles. The molecule has 128 valence electrons. The summed E-state index contributed by atoms with van der Waals surface area (Å²) >= 11 is 0. The smallest absolute Gasteiger partial charge is 0.321 e. The second kappa shape index (κ2) is 9.27. The highest BCUT2D eigenvalue weighted by Crippen LogP contribution is 2.22. The molecule has 6 heteroatoms. The molecule has 0 bridgehead atoms. The van der Waals surface area contributed by atoms with Crippen LogP contribution in [-0.4, -0.2) is 47.4 Å². The number of hydrogen-bond donors (Lipinski definition) is 2. The molecule has 1 rings (SSSR count). The zero-order valence-corrected chi connectivity index (χ0v) is 14.3. The highest BCUT2D eigenvalue weighted by Gasteiger charge is 2.20. The van der Waals surface area contributed by atoms with Gasteiger partial charge < -0.3 is 9.94 Å². The number of likely N-dealkylation sites (N-methyl/N-ethyl adjacent to an activating group) is 1. The number of nitrogens with one attached hydrogen (secondary N) is 1. The molecule has 1 aliphatic carbocycles. The van der Waals surface area contributed by atoms with Gasteiger partial charge >= 0.3 is 5.97 Å². The van der Waals surface area contributed by atoms with Crippen molar-refractivity contribution in [2.75, 3.05) is 19.6 Å². The number of carbonyl (C=O) groups excluding carboxylic acids is 2. The molecule has 1 unspecified atom stereocenters. The largest absolute Gasteiger partial charge is 0.512 e. The van der Waals surface area contributed by atoms with Gasteiger partial charge in [-0.25, -0.2) is 0 Å². The molecule has 0 radical (unpaired) electrons. The first-order chi connectivity index (χ1) is 10.8. The summed E-state index contributed by atoms with van der Waals surface area (Å²) in [4.78, 5) is 28.9. The number of nitrogens with zero attached hydrogens (tertiary/aromatic N) is 1. The van der Waals surface area contributed by atoms with Crippen LogP contribution < -0.4 is 5.48 Å². The van der Waals surface area contributed by atoms with Crippen molar-refractivity contribution < 1.29 is 19.5 Å². The van der Waals surface area contributed by atoms with Crippen LogP contribution >= 0.6 is 0 Å². The quantitative estimate of drug-likeness (QED) is 0.404. The molecular weight excluding hydrogens is 296 g/mol. The highest BCUT2D eigenvalue weighted by molar-refractivity contribution is 5.93. The Morgan fingerprint density at radius 2 is 2.13 bits per heavy atom. The minimum Gasteiger partial charge on any atom is -0.512 e. The second-order valence-corrected chi connectivity index (χ2v) is 5.53. The van der Waals surface area contributed by atoms with Gasteiger partial charge in [-0.15, -0.1) is 0 Å². The Morgan fingerprint density at radius 1 is 1.43 bits per heavy atom.